The number of hydrogen-bond acceptors (Lipinski definition) is 4. The van der Waals surface area contributed by atoms with Gasteiger partial charge in [-0.25, -0.2) is 0 Å². The molecule has 0 radical (unpaired) electrons. The van der Waals surface area contributed by atoms with E-state index in [9.17, 15) is 4.79 Å². The maximum Gasteiger partial charge on any atom is 0.323 e. The lowest BCUT2D eigenvalue weighted by molar-refractivity contribution is -0.146. The summed E-state index contributed by atoms with van der Waals surface area (Å²) in [5.74, 6) is 0.600. The van der Waals surface area contributed by atoms with Crippen LogP contribution in [0.1, 0.15) is 27.2 Å². The van der Waals surface area contributed by atoms with Crippen LogP contribution in [0.3, 0.4) is 0 Å². The van der Waals surface area contributed by atoms with Crippen LogP contribution in [0.15, 0.2) is 30.3 Å². The summed E-state index contributed by atoms with van der Waals surface area (Å²) in [5.41, 5.74) is 0. The molecule has 0 fully saturated rings. The van der Waals surface area contributed by atoms with Gasteiger partial charge in [-0.15, -0.1) is 0 Å². The average molecular weight is 265 g/mol. The second kappa shape index (κ2) is 8.53. The summed E-state index contributed by atoms with van der Waals surface area (Å²) in [7, 11) is 0. The molecular weight excluding hydrogens is 242 g/mol. The summed E-state index contributed by atoms with van der Waals surface area (Å²) in [6.07, 6.45) is 0.589. The summed E-state index contributed by atoms with van der Waals surface area (Å²) < 4.78 is 10.6. The minimum absolute atomic E-state index is 0.215. The highest BCUT2D eigenvalue weighted by molar-refractivity contribution is 5.75. The van der Waals surface area contributed by atoms with E-state index < -0.39 is 0 Å². The Morgan fingerprint density at radius 2 is 1.95 bits per heavy atom. The van der Waals surface area contributed by atoms with Crippen molar-refractivity contribution >= 4 is 5.97 Å². The summed E-state index contributed by atoms with van der Waals surface area (Å²) in [4.78, 5) is 11.8. The number of para-hydroxylation sites is 1. The SMILES string of the molecule is CCOC(=O)C(CCOc1ccccc1)NC(C)C. The molecule has 0 amide bonds. The molecule has 0 aliphatic heterocycles. The van der Waals surface area contributed by atoms with E-state index in [1.807, 2.05) is 51.1 Å². The van der Waals surface area contributed by atoms with E-state index >= 15 is 0 Å². The molecule has 0 bridgehead atoms. The molecule has 1 atom stereocenters. The fourth-order valence-electron chi connectivity index (χ4n) is 1.73. The zero-order valence-corrected chi connectivity index (χ0v) is 11.9. The van der Waals surface area contributed by atoms with Crippen LogP contribution in [0.25, 0.3) is 0 Å². The molecule has 1 N–H and O–H groups in total. The first-order valence-corrected chi connectivity index (χ1v) is 6.74. The predicted octanol–water partition coefficient (Wildman–Crippen LogP) is 2.39. The first-order valence-electron chi connectivity index (χ1n) is 6.74. The highest BCUT2D eigenvalue weighted by atomic mass is 16.5. The molecular formula is C15H23NO3. The quantitative estimate of drug-likeness (QED) is 0.733. The fraction of sp³-hybridized carbons (Fsp3) is 0.533. The van der Waals surface area contributed by atoms with E-state index in [4.69, 9.17) is 9.47 Å². The van der Waals surface area contributed by atoms with Crippen molar-refractivity contribution in [1.82, 2.24) is 5.32 Å². The number of hydrogen-bond donors (Lipinski definition) is 1. The number of rotatable bonds is 8. The Balaban J connectivity index is 2.42. The molecule has 0 saturated heterocycles. The highest BCUT2D eigenvalue weighted by Gasteiger charge is 2.20. The molecule has 1 rings (SSSR count). The summed E-state index contributed by atoms with van der Waals surface area (Å²) in [6, 6.07) is 9.49. The number of ether oxygens (including phenoxy) is 2. The first kappa shape index (κ1) is 15.5. The molecule has 1 aromatic rings. The molecule has 0 aromatic heterocycles. The van der Waals surface area contributed by atoms with Gasteiger partial charge in [0.2, 0.25) is 0 Å². The largest absolute Gasteiger partial charge is 0.494 e. The zero-order chi connectivity index (χ0) is 14.1. The van der Waals surface area contributed by atoms with Gasteiger partial charge in [-0.2, -0.15) is 0 Å². The molecule has 1 aromatic carbocycles. The van der Waals surface area contributed by atoms with Crippen molar-refractivity contribution < 1.29 is 14.3 Å². The van der Waals surface area contributed by atoms with Crippen LogP contribution < -0.4 is 10.1 Å². The summed E-state index contributed by atoms with van der Waals surface area (Å²) >= 11 is 0. The van der Waals surface area contributed by atoms with Crippen LogP contribution >= 0.6 is 0 Å². The predicted molar refractivity (Wildman–Crippen MR) is 75.2 cm³/mol. The van der Waals surface area contributed by atoms with E-state index in [0.29, 0.717) is 19.6 Å². The van der Waals surface area contributed by atoms with Crippen molar-refractivity contribution in [2.45, 2.75) is 39.3 Å². The van der Waals surface area contributed by atoms with Crippen LogP contribution in [0.4, 0.5) is 0 Å². The lowest BCUT2D eigenvalue weighted by atomic mass is 10.2. The number of carbonyl (C=O) groups is 1. The Hall–Kier alpha value is -1.55. The monoisotopic (exact) mass is 265 g/mol. The second-order valence-corrected chi connectivity index (χ2v) is 4.58. The summed E-state index contributed by atoms with van der Waals surface area (Å²) in [5, 5.41) is 3.20. The van der Waals surface area contributed by atoms with Crippen LogP contribution in [0.5, 0.6) is 5.75 Å². The number of esters is 1. The van der Waals surface area contributed by atoms with Crippen molar-refractivity contribution in [1.29, 1.82) is 0 Å². The lowest BCUT2D eigenvalue weighted by Gasteiger charge is -2.19. The minimum Gasteiger partial charge on any atom is -0.494 e. The van der Waals surface area contributed by atoms with Gasteiger partial charge in [0, 0.05) is 12.5 Å². The maximum absolute atomic E-state index is 11.8. The second-order valence-electron chi connectivity index (χ2n) is 4.58. The third-order valence-electron chi connectivity index (χ3n) is 2.52. The molecule has 0 aliphatic carbocycles. The van der Waals surface area contributed by atoms with Gasteiger partial charge in [0.1, 0.15) is 11.8 Å². The van der Waals surface area contributed by atoms with Crippen molar-refractivity contribution in [3.05, 3.63) is 30.3 Å². The third kappa shape index (κ3) is 6.25. The van der Waals surface area contributed by atoms with Crippen molar-refractivity contribution in [2.24, 2.45) is 0 Å². The summed E-state index contributed by atoms with van der Waals surface area (Å²) in [6.45, 7) is 6.70. The number of benzene rings is 1. The normalized spacial score (nSPS) is 12.2. The van der Waals surface area contributed by atoms with Gasteiger partial charge in [0.25, 0.3) is 0 Å². The van der Waals surface area contributed by atoms with Crippen molar-refractivity contribution in [3.63, 3.8) is 0 Å². The van der Waals surface area contributed by atoms with E-state index in [0.717, 1.165) is 5.75 Å². The Bertz CT molecular complexity index is 365. The molecule has 106 valence electrons. The Morgan fingerprint density at radius 1 is 1.26 bits per heavy atom. The fourth-order valence-corrected chi connectivity index (χ4v) is 1.73. The van der Waals surface area contributed by atoms with Crippen LogP contribution in [-0.4, -0.2) is 31.3 Å². The van der Waals surface area contributed by atoms with E-state index in [-0.39, 0.29) is 18.1 Å². The van der Waals surface area contributed by atoms with Crippen molar-refractivity contribution in [2.75, 3.05) is 13.2 Å². The Morgan fingerprint density at radius 3 is 2.53 bits per heavy atom. The zero-order valence-electron chi connectivity index (χ0n) is 11.9. The Kier molecular flexibility index (Phi) is 6.97. The molecule has 0 saturated carbocycles. The van der Waals surface area contributed by atoms with Crippen LogP contribution in [0, 0.1) is 0 Å². The van der Waals surface area contributed by atoms with E-state index in [1.165, 1.54) is 0 Å². The maximum atomic E-state index is 11.8. The van der Waals surface area contributed by atoms with Gasteiger partial charge < -0.3 is 14.8 Å². The van der Waals surface area contributed by atoms with Crippen molar-refractivity contribution in [3.8, 4) is 5.75 Å². The lowest BCUT2D eigenvalue weighted by Crippen LogP contribution is -2.42. The average Bonchev–Trinajstić information content (AvgIpc) is 2.38. The smallest absolute Gasteiger partial charge is 0.323 e. The Labute approximate surface area is 115 Å². The van der Waals surface area contributed by atoms with Crippen LogP contribution in [0.2, 0.25) is 0 Å². The van der Waals surface area contributed by atoms with E-state index in [2.05, 4.69) is 5.32 Å². The standard InChI is InChI=1S/C15H23NO3/c1-4-18-15(17)14(16-12(2)3)10-11-19-13-8-6-5-7-9-13/h5-9,12,14,16H,4,10-11H2,1-3H3. The minimum atomic E-state index is -0.316. The molecule has 0 spiro atoms. The molecule has 0 aliphatic rings. The molecule has 1 unspecified atom stereocenters. The van der Waals surface area contributed by atoms with Gasteiger partial charge >= 0.3 is 5.97 Å². The molecule has 4 heteroatoms. The van der Waals surface area contributed by atoms with Gasteiger partial charge in [0.15, 0.2) is 0 Å². The highest BCUT2D eigenvalue weighted by Crippen LogP contribution is 2.09. The third-order valence-corrected chi connectivity index (χ3v) is 2.52. The van der Waals surface area contributed by atoms with Crippen LogP contribution in [-0.2, 0) is 9.53 Å². The first-order chi connectivity index (χ1) is 9.13. The molecule has 19 heavy (non-hydrogen) atoms. The van der Waals surface area contributed by atoms with Gasteiger partial charge in [-0.1, -0.05) is 32.0 Å². The number of carbonyl (C=O) groups excluding carboxylic acids is 1. The van der Waals surface area contributed by atoms with Gasteiger partial charge in [-0.3, -0.25) is 4.79 Å². The van der Waals surface area contributed by atoms with E-state index in [1.54, 1.807) is 0 Å². The van der Waals surface area contributed by atoms with Gasteiger partial charge in [0.05, 0.1) is 13.2 Å². The molecule has 4 nitrogen and oxygen atoms in total. The number of nitrogens with one attached hydrogen (secondary N) is 1. The van der Waals surface area contributed by atoms with Gasteiger partial charge in [-0.05, 0) is 19.1 Å². The topological polar surface area (TPSA) is 47.6 Å². The molecule has 0 heterocycles.